The van der Waals surface area contributed by atoms with E-state index in [2.05, 4.69) is 21.0 Å². The highest BCUT2D eigenvalue weighted by molar-refractivity contribution is 9.10. The highest BCUT2D eigenvalue weighted by Crippen LogP contribution is 2.20. The Bertz CT molecular complexity index is 590. The van der Waals surface area contributed by atoms with E-state index in [9.17, 15) is 4.79 Å². The summed E-state index contributed by atoms with van der Waals surface area (Å²) < 4.78 is 2.54. The van der Waals surface area contributed by atoms with Gasteiger partial charge in [-0.1, -0.05) is 22.0 Å². The van der Waals surface area contributed by atoms with Crippen molar-refractivity contribution in [2.24, 2.45) is 0 Å². The molecule has 2 aromatic rings. The lowest BCUT2D eigenvalue weighted by atomic mass is 10.2. The number of nitrogens with zero attached hydrogens (tertiary/aromatic N) is 2. The molecule has 0 bridgehead atoms. The average molecular weight is 295 g/mol. The van der Waals surface area contributed by atoms with Crippen LogP contribution in [0.5, 0.6) is 0 Å². The molecule has 1 aromatic heterocycles. The number of hydrogen-bond acceptors (Lipinski definition) is 2. The third-order valence-electron chi connectivity index (χ3n) is 2.55. The van der Waals surface area contributed by atoms with E-state index in [4.69, 9.17) is 5.11 Å². The number of aromatic carboxylic acids is 1. The molecule has 1 N–H and O–H groups in total. The molecule has 5 heteroatoms. The van der Waals surface area contributed by atoms with Gasteiger partial charge >= 0.3 is 5.97 Å². The van der Waals surface area contributed by atoms with Crippen molar-refractivity contribution in [2.75, 3.05) is 0 Å². The molecule has 0 fully saturated rings. The monoisotopic (exact) mass is 294 g/mol. The lowest BCUT2D eigenvalue weighted by Crippen LogP contribution is -1.96. The minimum atomic E-state index is -0.958. The topological polar surface area (TPSA) is 55.1 Å². The van der Waals surface area contributed by atoms with Gasteiger partial charge in [-0.05, 0) is 31.5 Å². The number of rotatable bonds is 2. The van der Waals surface area contributed by atoms with E-state index in [1.54, 1.807) is 11.6 Å². The molecule has 0 atom stereocenters. The predicted octanol–water partition coefficient (Wildman–Crippen LogP) is 2.95. The average Bonchev–Trinajstić information content (AvgIpc) is 2.64. The van der Waals surface area contributed by atoms with Crippen molar-refractivity contribution in [1.29, 1.82) is 0 Å². The van der Waals surface area contributed by atoms with E-state index in [0.717, 1.165) is 15.7 Å². The highest BCUT2D eigenvalue weighted by atomic mass is 79.9. The zero-order chi connectivity index (χ0) is 12.6. The molecule has 0 aliphatic rings. The molecule has 0 saturated carbocycles. The Morgan fingerprint density at radius 1 is 1.41 bits per heavy atom. The molecule has 1 heterocycles. The van der Waals surface area contributed by atoms with Gasteiger partial charge in [-0.15, -0.1) is 0 Å². The molecular formula is C12H11BrN2O2. The van der Waals surface area contributed by atoms with Crippen LogP contribution >= 0.6 is 15.9 Å². The third-order valence-corrected chi connectivity index (χ3v) is 3.40. The second-order valence-electron chi connectivity index (χ2n) is 3.81. The first-order chi connectivity index (χ1) is 7.99. The van der Waals surface area contributed by atoms with E-state index in [1.807, 2.05) is 25.1 Å². The Morgan fingerprint density at radius 3 is 2.65 bits per heavy atom. The van der Waals surface area contributed by atoms with Crippen molar-refractivity contribution >= 4 is 21.9 Å². The smallest absolute Gasteiger partial charge is 0.339 e. The Labute approximate surface area is 107 Å². The van der Waals surface area contributed by atoms with Gasteiger partial charge in [0.25, 0.3) is 0 Å². The summed E-state index contributed by atoms with van der Waals surface area (Å²) in [6, 6.07) is 5.77. The van der Waals surface area contributed by atoms with Crippen molar-refractivity contribution in [2.45, 2.75) is 13.8 Å². The summed E-state index contributed by atoms with van der Waals surface area (Å²) in [7, 11) is 0. The second kappa shape index (κ2) is 4.33. The number of halogens is 1. The highest BCUT2D eigenvalue weighted by Gasteiger charge is 2.12. The fraction of sp³-hybridized carbons (Fsp3) is 0.167. The van der Waals surface area contributed by atoms with Gasteiger partial charge in [0.15, 0.2) is 0 Å². The van der Waals surface area contributed by atoms with Crippen molar-refractivity contribution < 1.29 is 9.90 Å². The van der Waals surface area contributed by atoms with Crippen LogP contribution in [0.3, 0.4) is 0 Å². The molecule has 0 aliphatic carbocycles. The maximum absolute atomic E-state index is 10.9. The second-order valence-corrected chi connectivity index (χ2v) is 4.67. The number of carboxylic acids is 1. The fourth-order valence-electron chi connectivity index (χ4n) is 1.53. The lowest BCUT2D eigenvalue weighted by Gasteiger charge is -2.03. The van der Waals surface area contributed by atoms with E-state index in [0.29, 0.717) is 5.69 Å². The van der Waals surface area contributed by atoms with Crippen molar-refractivity contribution in [3.63, 3.8) is 0 Å². The van der Waals surface area contributed by atoms with Crippen LogP contribution in [0.1, 0.15) is 21.6 Å². The molecule has 0 saturated heterocycles. The van der Waals surface area contributed by atoms with Crippen LogP contribution in [-0.4, -0.2) is 20.9 Å². The molecule has 4 nitrogen and oxygen atoms in total. The van der Waals surface area contributed by atoms with Crippen LogP contribution in [0.4, 0.5) is 0 Å². The molecule has 0 unspecified atom stereocenters. The molecule has 2 rings (SSSR count). The normalized spacial score (nSPS) is 10.5. The number of aryl methyl sites for hydroxylation is 2. The van der Waals surface area contributed by atoms with Gasteiger partial charge in [0, 0.05) is 10.7 Å². The molecule has 0 amide bonds. The van der Waals surface area contributed by atoms with Crippen LogP contribution in [0.2, 0.25) is 0 Å². The number of carbonyl (C=O) groups is 1. The van der Waals surface area contributed by atoms with Gasteiger partial charge < -0.3 is 5.11 Å². The van der Waals surface area contributed by atoms with Crippen LogP contribution in [0.25, 0.3) is 5.69 Å². The quantitative estimate of drug-likeness (QED) is 0.926. The van der Waals surface area contributed by atoms with Crippen LogP contribution < -0.4 is 0 Å². The van der Waals surface area contributed by atoms with Gasteiger partial charge in [0.05, 0.1) is 11.4 Å². The summed E-state index contributed by atoms with van der Waals surface area (Å²) >= 11 is 3.44. The SMILES string of the molecule is Cc1ccc(-n2cc(C(=O)O)c(C)n2)cc1Br. The van der Waals surface area contributed by atoms with Crippen LogP contribution in [-0.2, 0) is 0 Å². The molecule has 0 spiro atoms. The van der Waals surface area contributed by atoms with E-state index < -0.39 is 5.97 Å². The Hall–Kier alpha value is -1.62. The number of aromatic nitrogens is 2. The minimum absolute atomic E-state index is 0.224. The maximum Gasteiger partial charge on any atom is 0.339 e. The largest absolute Gasteiger partial charge is 0.478 e. The Morgan fingerprint density at radius 2 is 2.12 bits per heavy atom. The summed E-state index contributed by atoms with van der Waals surface area (Å²) in [5, 5.41) is 13.1. The number of carboxylic acid groups (broad SMARTS) is 1. The van der Waals surface area contributed by atoms with E-state index in [1.165, 1.54) is 6.20 Å². The summed E-state index contributed by atoms with van der Waals surface area (Å²) in [6.45, 7) is 3.67. The lowest BCUT2D eigenvalue weighted by molar-refractivity contribution is 0.0696. The van der Waals surface area contributed by atoms with Gasteiger partial charge in [-0.2, -0.15) is 5.10 Å². The first-order valence-electron chi connectivity index (χ1n) is 5.05. The van der Waals surface area contributed by atoms with Crippen LogP contribution in [0, 0.1) is 13.8 Å². The molecule has 1 aromatic carbocycles. The zero-order valence-electron chi connectivity index (χ0n) is 9.44. The molecule has 0 aliphatic heterocycles. The van der Waals surface area contributed by atoms with E-state index >= 15 is 0 Å². The van der Waals surface area contributed by atoms with Gasteiger partial charge in [-0.25, -0.2) is 9.48 Å². The molecular weight excluding hydrogens is 284 g/mol. The third kappa shape index (κ3) is 2.24. The van der Waals surface area contributed by atoms with Crippen molar-refractivity contribution in [3.05, 3.63) is 45.7 Å². The van der Waals surface area contributed by atoms with Crippen molar-refractivity contribution in [3.8, 4) is 5.69 Å². The summed E-state index contributed by atoms with van der Waals surface area (Å²) in [6.07, 6.45) is 1.52. The van der Waals surface area contributed by atoms with Crippen molar-refractivity contribution in [1.82, 2.24) is 9.78 Å². The Kier molecular flexibility index (Phi) is 3.02. The van der Waals surface area contributed by atoms with Gasteiger partial charge in [0.1, 0.15) is 5.56 Å². The van der Waals surface area contributed by atoms with Gasteiger partial charge in [0.2, 0.25) is 0 Å². The predicted molar refractivity (Wildman–Crippen MR) is 67.7 cm³/mol. The summed E-state index contributed by atoms with van der Waals surface area (Å²) in [4.78, 5) is 10.9. The summed E-state index contributed by atoms with van der Waals surface area (Å²) in [5.41, 5.74) is 2.69. The summed E-state index contributed by atoms with van der Waals surface area (Å²) in [5.74, 6) is -0.958. The Balaban J connectivity index is 2.50. The van der Waals surface area contributed by atoms with Gasteiger partial charge in [-0.3, -0.25) is 0 Å². The first-order valence-corrected chi connectivity index (χ1v) is 5.84. The molecule has 17 heavy (non-hydrogen) atoms. The first kappa shape index (κ1) is 11.9. The number of benzene rings is 1. The fourth-order valence-corrected chi connectivity index (χ4v) is 1.89. The standard InChI is InChI=1S/C12H11BrN2O2/c1-7-3-4-9(5-11(7)13)15-6-10(12(16)17)8(2)14-15/h3-6H,1-2H3,(H,16,17). The maximum atomic E-state index is 10.9. The minimum Gasteiger partial charge on any atom is -0.478 e. The zero-order valence-corrected chi connectivity index (χ0v) is 11.0. The molecule has 88 valence electrons. The van der Waals surface area contributed by atoms with Crippen LogP contribution in [0.15, 0.2) is 28.9 Å². The molecule has 0 radical (unpaired) electrons. The number of hydrogen-bond donors (Lipinski definition) is 1. The van der Waals surface area contributed by atoms with E-state index in [-0.39, 0.29) is 5.56 Å².